The zero-order valence-electron chi connectivity index (χ0n) is 13.8. The summed E-state index contributed by atoms with van der Waals surface area (Å²) in [7, 11) is 0. The Kier molecular flexibility index (Phi) is 7.82. The van der Waals surface area contributed by atoms with Gasteiger partial charge in [-0.15, -0.1) is 17.5 Å². The maximum absolute atomic E-state index is 12.4. The van der Waals surface area contributed by atoms with Gasteiger partial charge < -0.3 is 10.6 Å². The molecule has 1 aliphatic rings. The number of amides is 1. The van der Waals surface area contributed by atoms with E-state index in [9.17, 15) is 4.79 Å². The van der Waals surface area contributed by atoms with E-state index in [1.165, 1.54) is 0 Å². The summed E-state index contributed by atoms with van der Waals surface area (Å²) in [6.45, 7) is 8.17. The largest absolute Gasteiger partial charge is 0.348 e. The van der Waals surface area contributed by atoms with Crippen LogP contribution in [0.4, 0.5) is 0 Å². The molecule has 2 N–H and O–H groups in total. The fourth-order valence-corrected chi connectivity index (χ4v) is 2.93. The summed E-state index contributed by atoms with van der Waals surface area (Å²) in [5, 5.41) is 14.8. The van der Waals surface area contributed by atoms with Crippen molar-refractivity contribution in [3.63, 3.8) is 0 Å². The number of carbonyl (C=O) groups is 1. The van der Waals surface area contributed by atoms with E-state index in [0.29, 0.717) is 11.7 Å². The molecule has 7 heteroatoms. The van der Waals surface area contributed by atoms with Crippen LogP contribution in [0.2, 0.25) is 0 Å². The van der Waals surface area contributed by atoms with Crippen molar-refractivity contribution in [2.75, 3.05) is 13.1 Å². The van der Waals surface area contributed by atoms with Gasteiger partial charge in [0.1, 0.15) is 0 Å². The SMILES string of the molecule is CCCC(CC)NC(=O)c1nnn(C2CCNCC2)c1C.Cl. The van der Waals surface area contributed by atoms with Gasteiger partial charge in [-0.3, -0.25) is 4.79 Å². The minimum absolute atomic E-state index is 0. The zero-order chi connectivity index (χ0) is 15.2. The Morgan fingerprint density at radius 1 is 1.41 bits per heavy atom. The molecule has 0 aromatic carbocycles. The van der Waals surface area contributed by atoms with Gasteiger partial charge in [-0.2, -0.15) is 0 Å². The zero-order valence-corrected chi connectivity index (χ0v) is 14.6. The predicted molar refractivity (Wildman–Crippen MR) is 89.6 cm³/mol. The van der Waals surface area contributed by atoms with Crippen LogP contribution in [0, 0.1) is 6.92 Å². The highest BCUT2D eigenvalue weighted by atomic mass is 35.5. The van der Waals surface area contributed by atoms with Gasteiger partial charge in [0.05, 0.1) is 11.7 Å². The molecule has 1 atom stereocenters. The quantitative estimate of drug-likeness (QED) is 0.839. The molecular formula is C15H28ClN5O. The molecule has 0 saturated carbocycles. The Balaban J connectivity index is 0.00000242. The summed E-state index contributed by atoms with van der Waals surface area (Å²) in [5.74, 6) is -0.0898. The van der Waals surface area contributed by atoms with E-state index in [1.807, 2.05) is 11.6 Å². The van der Waals surface area contributed by atoms with Crippen LogP contribution in [0.5, 0.6) is 0 Å². The number of halogens is 1. The molecule has 0 radical (unpaired) electrons. The van der Waals surface area contributed by atoms with Gasteiger partial charge in [0.25, 0.3) is 5.91 Å². The van der Waals surface area contributed by atoms with E-state index in [4.69, 9.17) is 0 Å². The second-order valence-electron chi connectivity index (χ2n) is 5.82. The Bertz CT molecular complexity index is 470. The van der Waals surface area contributed by atoms with Crippen molar-refractivity contribution in [2.45, 2.75) is 65.0 Å². The summed E-state index contributed by atoms with van der Waals surface area (Å²) in [4.78, 5) is 12.4. The Hall–Kier alpha value is -1.14. The van der Waals surface area contributed by atoms with E-state index in [2.05, 4.69) is 34.8 Å². The van der Waals surface area contributed by atoms with Crippen LogP contribution in [-0.4, -0.2) is 40.0 Å². The number of hydrogen-bond donors (Lipinski definition) is 2. The molecule has 0 bridgehead atoms. The van der Waals surface area contributed by atoms with E-state index >= 15 is 0 Å². The van der Waals surface area contributed by atoms with Crippen LogP contribution in [-0.2, 0) is 0 Å². The molecule has 2 rings (SSSR count). The Morgan fingerprint density at radius 3 is 2.68 bits per heavy atom. The molecule has 1 aromatic heterocycles. The summed E-state index contributed by atoms with van der Waals surface area (Å²) >= 11 is 0. The van der Waals surface area contributed by atoms with Crippen LogP contribution < -0.4 is 10.6 Å². The highest BCUT2D eigenvalue weighted by Crippen LogP contribution is 2.20. The van der Waals surface area contributed by atoms with E-state index in [0.717, 1.165) is 50.9 Å². The lowest BCUT2D eigenvalue weighted by atomic mass is 10.1. The average Bonchev–Trinajstić information content (AvgIpc) is 2.89. The van der Waals surface area contributed by atoms with Crippen LogP contribution in [0.25, 0.3) is 0 Å². The first kappa shape index (κ1) is 18.9. The Morgan fingerprint density at radius 2 is 2.09 bits per heavy atom. The van der Waals surface area contributed by atoms with Crippen molar-refractivity contribution < 1.29 is 4.79 Å². The van der Waals surface area contributed by atoms with Gasteiger partial charge in [-0.1, -0.05) is 25.5 Å². The third-order valence-electron chi connectivity index (χ3n) is 4.26. The minimum atomic E-state index is -0.0898. The smallest absolute Gasteiger partial charge is 0.273 e. The van der Waals surface area contributed by atoms with E-state index in [-0.39, 0.29) is 24.4 Å². The van der Waals surface area contributed by atoms with Crippen molar-refractivity contribution in [1.29, 1.82) is 0 Å². The monoisotopic (exact) mass is 329 g/mol. The maximum atomic E-state index is 12.4. The second-order valence-corrected chi connectivity index (χ2v) is 5.82. The molecule has 0 spiro atoms. The lowest BCUT2D eigenvalue weighted by molar-refractivity contribution is 0.0928. The van der Waals surface area contributed by atoms with Gasteiger partial charge in [0, 0.05) is 6.04 Å². The Labute approximate surface area is 138 Å². The molecule has 2 heterocycles. The molecule has 1 saturated heterocycles. The van der Waals surface area contributed by atoms with E-state index < -0.39 is 0 Å². The number of hydrogen-bond acceptors (Lipinski definition) is 4. The number of aromatic nitrogens is 3. The summed E-state index contributed by atoms with van der Waals surface area (Å²) in [6, 6.07) is 0.587. The van der Waals surface area contributed by atoms with Crippen molar-refractivity contribution in [1.82, 2.24) is 25.6 Å². The first-order valence-corrected chi connectivity index (χ1v) is 8.10. The molecule has 1 amide bonds. The number of piperidine rings is 1. The minimum Gasteiger partial charge on any atom is -0.348 e. The van der Waals surface area contributed by atoms with Crippen LogP contribution in [0.15, 0.2) is 0 Å². The fraction of sp³-hybridized carbons (Fsp3) is 0.800. The number of nitrogens with zero attached hydrogens (tertiary/aromatic N) is 3. The maximum Gasteiger partial charge on any atom is 0.273 e. The second kappa shape index (κ2) is 9.10. The standard InChI is InChI=1S/C15H27N5O.ClH/c1-4-6-12(5-2)17-15(21)14-11(3)20(19-18-14)13-7-9-16-10-8-13;/h12-13,16H,4-10H2,1-3H3,(H,17,21);1H. The van der Waals surface area contributed by atoms with Gasteiger partial charge in [0.15, 0.2) is 5.69 Å². The molecule has 1 aliphatic heterocycles. The molecule has 0 aliphatic carbocycles. The molecule has 1 unspecified atom stereocenters. The van der Waals surface area contributed by atoms with Crippen molar-refractivity contribution in [3.05, 3.63) is 11.4 Å². The molecule has 6 nitrogen and oxygen atoms in total. The van der Waals surface area contributed by atoms with Gasteiger partial charge >= 0.3 is 0 Å². The van der Waals surface area contributed by atoms with Crippen molar-refractivity contribution in [3.8, 4) is 0 Å². The average molecular weight is 330 g/mol. The summed E-state index contributed by atoms with van der Waals surface area (Å²) < 4.78 is 1.93. The summed E-state index contributed by atoms with van der Waals surface area (Å²) in [6.07, 6.45) is 5.10. The molecular weight excluding hydrogens is 302 g/mol. The molecule has 126 valence electrons. The van der Waals surface area contributed by atoms with Gasteiger partial charge in [0.2, 0.25) is 0 Å². The number of rotatable bonds is 6. The third kappa shape index (κ3) is 4.43. The third-order valence-corrected chi connectivity index (χ3v) is 4.26. The lowest BCUT2D eigenvalue weighted by Gasteiger charge is -2.23. The topological polar surface area (TPSA) is 71.8 Å². The number of nitrogens with one attached hydrogen (secondary N) is 2. The van der Waals surface area contributed by atoms with Crippen LogP contribution >= 0.6 is 12.4 Å². The number of carbonyl (C=O) groups excluding carboxylic acids is 1. The normalized spacial score (nSPS) is 16.9. The molecule has 1 fully saturated rings. The highest BCUT2D eigenvalue weighted by Gasteiger charge is 2.23. The predicted octanol–water partition coefficient (Wildman–Crippen LogP) is 2.24. The first-order chi connectivity index (χ1) is 10.2. The fourth-order valence-electron chi connectivity index (χ4n) is 2.93. The molecule has 1 aromatic rings. The van der Waals surface area contributed by atoms with Gasteiger partial charge in [-0.25, -0.2) is 4.68 Å². The van der Waals surface area contributed by atoms with E-state index in [1.54, 1.807) is 0 Å². The lowest BCUT2D eigenvalue weighted by Crippen LogP contribution is -2.35. The van der Waals surface area contributed by atoms with Crippen LogP contribution in [0.1, 0.15) is 68.2 Å². The van der Waals surface area contributed by atoms with Crippen LogP contribution in [0.3, 0.4) is 0 Å². The molecule has 22 heavy (non-hydrogen) atoms. The highest BCUT2D eigenvalue weighted by molar-refractivity contribution is 5.93. The van der Waals surface area contributed by atoms with Crippen molar-refractivity contribution in [2.24, 2.45) is 0 Å². The van der Waals surface area contributed by atoms with Gasteiger partial charge in [-0.05, 0) is 45.7 Å². The van der Waals surface area contributed by atoms with Crippen molar-refractivity contribution >= 4 is 18.3 Å². The summed E-state index contributed by atoms with van der Waals surface area (Å²) in [5.41, 5.74) is 1.36. The first-order valence-electron chi connectivity index (χ1n) is 8.10.